The van der Waals surface area contributed by atoms with Crippen LogP contribution in [0.1, 0.15) is 21.6 Å². The smallest absolute Gasteiger partial charge is 0.255 e. The van der Waals surface area contributed by atoms with Crippen molar-refractivity contribution in [3.05, 3.63) is 101 Å². The number of fused-ring (bicyclic) bond motifs is 1. The van der Waals surface area contributed by atoms with Crippen LogP contribution in [-0.2, 0) is 6.61 Å². The molecule has 0 aliphatic heterocycles. The molecule has 1 amide bonds. The fourth-order valence-corrected chi connectivity index (χ4v) is 4.04. The summed E-state index contributed by atoms with van der Waals surface area (Å²) in [5.41, 5.74) is 5.07. The highest BCUT2D eigenvalue weighted by molar-refractivity contribution is 7.13. The number of ether oxygens (including phenoxy) is 1. The standard InChI is InChI=1S/C25H20N4O2S/c1-17-8-9-23-27-21(15-29(23)14-17)16-31-22-7-3-4-18(13-22)24(30)28-20-6-2-5-19(12-20)25-26-10-11-32-25/h2-15H,16H2,1H3,(H,28,30). The zero-order chi connectivity index (χ0) is 21.9. The van der Waals surface area contributed by atoms with E-state index in [1.807, 2.05) is 77.6 Å². The highest BCUT2D eigenvalue weighted by atomic mass is 32.1. The van der Waals surface area contributed by atoms with Crippen LogP contribution in [0.2, 0.25) is 0 Å². The molecule has 32 heavy (non-hydrogen) atoms. The summed E-state index contributed by atoms with van der Waals surface area (Å²) >= 11 is 1.56. The number of anilines is 1. The average molecular weight is 441 g/mol. The van der Waals surface area contributed by atoms with E-state index in [4.69, 9.17) is 4.74 Å². The van der Waals surface area contributed by atoms with Gasteiger partial charge >= 0.3 is 0 Å². The zero-order valence-corrected chi connectivity index (χ0v) is 18.2. The topological polar surface area (TPSA) is 68.5 Å². The van der Waals surface area contributed by atoms with E-state index in [2.05, 4.69) is 15.3 Å². The van der Waals surface area contributed by atoms with E-state index in [0.29, 0.717) is 23.6 Å². The molecule has 7 heteroatoms. The summed E-state index contributed by atoms with van der Waals surface area (Å²) in [5.74, 6) is 0.414. The molecule has 6 nitrogen and oxygen atoms in total. The highest BCUT2D eigenvalue weighted by Crippen LogP contribution is 2.25. The Labute approximate surface area is 189 Å². The van der Waals surface area contributed by atoms with Crippen LogP contribution >= 0.6 is 11.3 Å². The summed E-state index contributed by atoms with van der Waals surface area (Å²) in [6.45, 7) is 2.36. The van der Waals surface area contributed by atoms with Crippen molar-refractivity contribution in [1.29, 1.82) is 0 Å². The number of amides is 1. The number of carbonyl (C=O) groups is 1. The molecule has 2 aromatic carbocycles. The van der Waals surface area contributed by atoms with Gasteiger partial charge in [0.1, 0.15) is 23.0 Å². The lowest BCUT2D eigenvalue weighted by Crippen LogP contribution is -2.12. The van der Waals surface area contributed by atoms with Gasteiger partial charge in [-0.15, -0.1) is 11.3 Å². The van der Waals surface area contributed by atoms with E-state index in [-0.39, 0.29) is 5.91 Å². The SMILES string of the molecule is Cc1ccc2nc(COc3cccc(C(=O)Nc4cccc(-c5nccs5)c4)c3)cn2c1. The lowest BCUT2D eigenvalue weighted by atomic mass is 10.1. The molecule has 0 saturated carbocycles. The van der Waals surface area contributed by atoms with Crippen molar-refractivity contribution < 1.29 is 9.53 Å². The van der Waals surface area contributed by atoms with Gasteiger partial charge in [0.15, 0.2) is 0 Å². The molecule has 158 valence electrons. The minimum Gasteiger partial charge on any atom is -0.487 e. The average Bonchev–Trinajstić information content (AvgIpc) is 3.48. The molecule has 3 heterocycles. The van der Waals surface area contributed by atoms with E-state index in [1.165, 1.54) is 5.56 Å². The predicted molar refractivity (Wildman–Crippen MR) is 126 cm³/mol. The van der Waals surface area contributed by atoms with E-state index in [1.54, 1.807) is 29.7 Å². The molecule has 5 aromatic rings. The molecule has 0 radical (unpaired) electrons. The third kappa shape index (κ3) is 4.38. The maximum Gasteiger partial charge on any atom is 0.255 e. The first-order valence-corrected chi connectivity index (χ1v) is 11.0. The van der Waals surface area contributed by atoms with Crippen molar-refractivity contribution in [2.45, 2.75) is 13.5 Å². The summed E-state index contributed by atoms with van der Waals surface area (Å²) < 4.78 is 7.88. The molecule has 0 aliphatic rings. The summed E-state index contributed by atoms with van der Waals surface area (Å²) in [6, 6.07) is 18.8. The van der Waals surface area contributed by atoms with Crippen LogP contribution in [0.25, 0.3) is 16.2 Å². The van der Waals surface area contributed by atoms with Crippen molar-refractivity contribution in [2.75, 3.05) is 5.32 Å². The maximum atomic E-state index is 12.8. The molecule has 0 fully saturated rings. The van der Waals surface area contributed by atoms with Crippen LogP contribution in [0, 0.1) is 6.92 Å². The fraction of sp³-hybridized carbons (Fsp3) is 0.0800. The number of nitrogens with one attached hydrogen (secondary N) is 1. The van der Waals surface area contributed by atoms with Crippen molar-refractivity contribution >= 4 is 28.6 Å². The van der Waals surface area contributed by atoms with Gasteiger partial charge in [0.05, 0.1) is 5.69 Å². The summed E-state index contributed by atoms with van der Waals surface area (Å²) in [7, 11) is 0. The Morgan fingerprint density at radius 2 is 2.00 bits per heavy atom. The van der Waals surface area contributed by atoms with Crippen molar-refractivity contribution in [2.24, 2.45) is 0 Å². The first-order valence-electron chi connectivity index (χ1n) is 10.1. The maximum absolute atomic E-state index is 12.8. The number of nitrogens with zero attached hydrogens (tertiary/aromatic N) is 3. The van der Waals surface area contributed by atoms with Crippen LogP contribution in [0.5, 0.6) is 5.75 Å². The Morgan fingerprint density at radius 1 is 1.09 bits per heavy atom. The molecule has 0 saturated heterocycles. The Morgan fingerprint density at radius 3 is 2.88 bits per heavy atom. The predicted octanol–water partition coefficient (Wildman–Crippen LogP) is 5.60. The number of benzene rings is 2. The zero-order valence-electron chi connectivity index (χ0n) is 17.4. The number of aryl methyl sites for hydroxylation is 1. The second-order valence-electron chi connectivity index (χ2n) is 7.39. The number of pyridine rings is 1. The third-order valence-corrected chi connectivity index (χ3v) is 5.75. The van der Waals surface area contributed by atoms with Crippen LogP contribution in [-0.4, -0.2) is 20.3 Å². The molecule has 1 N–H and O–H groups in total. The van der Waals surface area contributed by atoms with Crippen LogP contribution in [0.4, 0.5) is 5.69 Å². The van der Waals surface area contributed by atoms with Crippen LogP contribution in [0.15, 0.2) is 84.6 Å². The van der Waals surface area contributed by atoms with E-state index in [9.17, 15) is 4.79 Å². The number of hydrogen-bond acceptors (Lipinski definition) is 5. The summed E-state index contributed by atoms with van der Waals surface area (Å²) in [6.07, 6.45) is 5.75. The number of rotatable bonds is 6. The number of imidazole rings is 1. The van der Waals surface area contributed by atoms with Crippen molar-refractivity contribution in [3.63, 3.8) is 0 Å². The van der Waals surface area contributed by atoms with Crippen molar-refractivity contribution in [3.8, 4) is 16.3 Å². The second kappa shape index (κ2) is 8.64. The van der Waals surface area contributed by atoms with Gasteiger partial charge in [0, 0.05) is 40.8 Å². The highest BCUT2D eigenvalue weighted by Gasteiger charge is 2.10. The molecule has 5 rings (SSSR count). The fourth-order valence-electron chi connectivity index (χ4n) is 3.41. The molecule has 0 atom stereocenters. The van der Waals surface area contributed by atoms with Gasteiger partial charge in [-0.2, -0.15) is 0 Å². The molecule has 0 bridgehead atoms. The minimum atomic E-state index is -0.199. The van der Waals surface area contributed by atoms with Gasteiger partial charge in [-0.1, -0.05) is 24.3 Å². The molecule has 0 aliphatic carbocycles. The summed E-state index contributed by atoms with van der Waals surface area (Å²) in [4.78, 5) is 21.7. The lowest BCUT2D eigenvalue weighted by Gasteiger charge is -2.09. The van der Waals surface area contributed by atoms with Crippen LogP contribution in [0.3, 0.4) is 0 Å². The first-order chi connectivity index (χ1) is 15.6. The monoisotopic (exact) mass is 440 g/mol. The van der Waals surface area contributed by atoms with Crippen LogP contribution < -0.4 is 10.1 Å². The Hall–Kier alpha value is -3.97. The Bertz CT molecular complexity index is 1390. The van der Waals surface area contributed by atoms with E-state index < -0.39 is 0 Å². The van der Waals surface area contributed by atoms with Gasteiger partial charge in [-0.25, -0.2) is 9.97 Å². The molecular formula is C25H20N4O2S. The minimum absolute atomic E-state index is 0.199. The number of carbonyl (C=O) groups excluding carboxylic acids is 1. The number of thiazole rings is 1. The lowest BCUT2D eigenvalue weighted by molar-refractivity contribution is 0.102. The quantitative estimate of drug-likeness (QED) is 0.373. The normalized spacial score (nSPS) is 10.9. The first kappa shape index (κ1) is 20.0. The molecule has 0 unspecified atom stereocenters. The van der Waals surface area contributed by atoms with Gasteiger partial charge in [0.25, 0.3) is 5.91 Å². The largest absolute Gasteiger partial charge is 0.487 e. The van der Waals surface area contributed by atoms with Gasteiger partial charge in [-0.3, -0.25) is 4.79 Å². The Kier molecular flexibility index (Phi) is 5.39. The number of aromatic nitrogens is 3. The van der Waals surface area contributed by atoms with E-state index >= 15 is 0 Å². The van der Waals surface area contributed by atoms with Gasteiger partial charge in [0.2, 0.25) is 0 Å². The molecular weight excluding hydrogens is 420 g/mol. The number of hydrogen-bond donors (Lipinski definition) is 1. The van der Waals surface area contributed by atoms with Crippen molar-refractivity contribution in [1.82, 2.24) is 14.4 Å². The Balaban J connectivity index is 1.27. The third-order valence-electron chi connectivity index (χ3n) is 4.93. The second-order valence-corrected chi connectivity index (χ2v) is 8.29. The van der Waals surface area contributed by atoms with Gasteiger partial charge in [-0.05, 0) is 48.9 Å². The summed E-state index contributed by atoms with van der Waals surface area (Å²) in [5, 5.41) is 5.80. The molecule has 3 aromatic heterocycles. The van der Waals surface area contributed by atoms with E-state index in [0.717, 1.165) is 21.9 Å². The van der Waals surface area contributed by atoms with Gasteiger partial charge < -0.3 is 14.5 Å². The molecule has 0 spiro atoms.